The van der Waals surface area contributed by atoms with E-state index in [1.54, 1.807) is 12.1 Å². The first-order valence-electron chi connectivity index (χ1n) is 7.57. The van der Waals surface area contributed by atoms with E-state index in [4.69, 9.17) is 23.2 Å². The Kier molecular flexibility index (Phi) is 3.56. The Labute approximate surface area is 139 Å². The number of halogens is 2. The Morgan fingerprint density at radius 2 is 2.14 bits per heavy atom. The maximum atomic E-state index is 10.2. The SMILES string of the molecule is Oc1ccc(Cl)c(Cl)c1[C@@H]1Cc2ncc([C@H]3CCNC3)n2C1. The lowest BCUT2D eigenvalue weighted by molar-refractivity contribution is 0.458. The van der Waals surface area contributed by atoms with Crippen LogP contribution in [-0.2, 0) is 13.0 Å². The first-order valence-corrected chi connectivity index (χ1v) is 8.32. The number of aromatic hydroxyl groups is 1. The molecule has 0 radical (unpaired) electrons. The fraction of sp³-hybridized carbons (Fsp3) is 0.438. The van der Waals surface area contributed by atoms with E-state index >= 15 is 0 Å². The summed E-state index contributed by atoms with van der Waals surface area (Å²) in [6.07, 6.45) is 3.94. The third-order valence-electron chi connectivity index (χ3n) is 4.80. The van der Waals surface area contributed by atoms with Gasteiger partial charge >= 0.3 is 0 Å². The van der Waals surface area contributed by atoms with Crippen LogP contribution in [0.1, 0.15) is 35.3 Å². The van der Waals surface area contributed by atoms with Gasteiger partial charge in [0.15, 0.2) is 0 Å². The maximum Gasteiger partial charge on any atom is 0.120 e. The van der Waals surface area contributed by atoms with Gasteiger partial charge in [0.25, 0.3) is 0 Å². The van der Waals surface area contributed by atoms with Gasteiger partial charge < -0.3 is 15.0 Å². The number of aromatic nitrogens is 2. The Bertz CT molecular complexity index is 722. The molecule has 2 aromatic rings. The highest BCUT2D eigenvalue weighted by Crippen LogP contribution is 2.42. The van der Waals surface area contributed by atoms with E-state index in [-0.39, 0.29) is 11.7 Å². The van der Waals surface area contributed by atoms with Gasteiger partial charge in [-0.15, -0.1) is 0 Å². The zero-order valence-electron chi connectivity index (χ0n) is 12.0. The predicted octanol–water partition coefficient (Wildman–Crippen LogP) is 3.31. The summed E-state index contributed by atoms with van der Waals surface area (Å²) in [4.78, 5) is 4.58. The van der Waals surface area contributed by atoms with Gasteiger partial charge in [0.1, 0.15) is 11.6 Å². The van der Waals surface area contributed by atoms with Gasteiger partial charge in [-0.05, 0) is 25.1 Å². The van der Waals surface area contributed by atoms with Gasteiger partial charge in [-0.25, -0.2) is 4.98 Å². The van der Waals surface area contributed by atoms with E-state index < -0.39 is 0 Å². The molecule has 2 atom stereocenters. The number of nitrogens with zero attached hydrogens (tertiary/aromatic N) is 2. The van der Waals surface area contributed by atoms with Crippen LogP contribution < -0.4 is 5.32 Å². The lowest BCUT2D eigenvalue weighted by Gasteiger charge is -2.16. The van der Waals surface area contributed by atoms with Crippen LogP contribution in [0.4, 0.5) is 0 Å². The van der Waals surface area contributed by atoms with Crippen molar-refractivity contribution in [2.24, 2.45) is 0 Å². The standard InChI is InChI=1S/C16H17Cl2N3O/c17-11-1-2-13(22)15(16(11)18)10-5-14-20-7-12(21(14)8-10)9-3-4-19-6-9/h1-2,7,9-10,19,22H,3-6,8H2/t9-,10+/m0/s1. The van der Waals surface area contributed by atoms with Gasteiger partial charge in [-0.1, -0.05) is 23.2 Å². The highest BCUT2D eigenvalue weighted by Gasteiger charge is 2.32. The first-order chi connectivity index (χ1) is 10.6. The largest absolute Gasteiger partial charge is 0.508 e. The molecule has 1 aromatic heterocycles. The van der Waals surface area contributed by atoms with Crippen molar-refractivity contribution in [3.63, 3.8) is 0 Å². The van der Waals surface area contributed by atoms with Crippen molar-refractivity contribution < 1.29 is 5.11 Å². The molecule has 116 valence electrons. The van der Waals surface area contributed by atoms with E-state index in [1.165, 1.54) is 5.69 Å². The number of rotatable bonds is 2. The highest BCUT2D eigenvalue weighted by molar-refractivity contribution is 6.42. The molecule has 1 aromatic carbocycles. The Balaban J connectivity index is 1.67. The van der Waals surface area contributed by atoms with Crippen LogP contribution in [0.25, 0.3) is 0 Å². The molecule has 6 heteroatoms. The van der Waals surface area contributed by atoms with E-state index in [0.717, 1.165) is 43.9 Å². The van der Waals surface area contributed by atoms with Crippen LogP contribution >= 0.6 is 23.2 Å². The summed E-state index contributed by atoms with van der Waals surface area (Å²) in [5.74, 6) is 1.95. The first kappa shape index (κ1) is 14.4. The second kappa shape index (κ2) is 5.44. The van der Waals surface area contributed by atoms with Crippen LogP contribution in [0, 0.1) is 0 Å². The molecule has 22 heavy (non-hydrogen) atoms. The third-order valence-corrected chi connectivity index (χ3v) is 5.62. The van der Waals surface area contributed by atoms with Crippen molar-refractivity contribution in [1.29, 1.82) is 0 Å². The molecular formula is C16H17Cl2N3O. The van der Waals surface area contributed by atoms with Crippen molar-refractivity contribution in [1.82, 2.24) is 14.9 Å². The zero-order valence-corrected chi connectivity index (χ0v) is 13.5. The molecule has 3 heterocycles. The monoisotopic (exact) mass is 337 g/mol. The Morgan fingerprint density at radius 1 is 1.27 bits per heavy atom. The molecule has 2 N–H and O–H groups in total. The number of benzene rings is 1. The van der Waals surface area contributed by atoms with Gasteiger partial charge in [0.05, 0.1) is 10.0 Å². The maximum absolute atomic E-state index is 10.2. The normalized spacial score (nSPS) is 23.9. The molecule has 0 unspecified atom stereocenters. The number of phenols is 1. The summed E-state index contributed by atoms with van der Waals surface area (Å²) >= 11 is 12.4. The molecule has 0 bridgehead atoms. The number of hydrogen-bond acceptors (Lipinski definition) is 3. The summed E-state index contributed by atoms with van der Waals surface area (Å²) in [7, 11) is 0. The van der Waals surface area contributed by atoms with E-state index in [9.17, 15) is 5.11 Å². The average molecular weight is 338 g/mol. The molecular weight excluding hydrogens is 321 g/mol. The Morgan fingerprint density at radius 3 is 2.91 bits per heavy atom. The molecule has 4 nitrogen and oxygen atoms in total. The fourth-order valence-electron chi connectivity index (χ4n) is 3.68. The van der Waals surface area contributed by atoms with Gasteiger partial charge in [-0.2, -0.15) is 0 Å². The van der Waals surface area contributed by atoms with E-state index in [0.29, 0.717) is 16.0 Å². The van der Waals surface area contributed by atoms with Gasteiger partial charge in [-0.3, -0.25) is 0 Å². The molecule has 2 aliphatic rings. The number of phenolic OH excluding ortho intramolecular Hbond substituents is 1. The van der Waals surface area contributed by atoms with Crippen molar-refractivity contribution in [2.45, 2.75) is 31.2 Å². The highest BCUT2D eigenvalue weighted by atomic mass is 35.5. The molecule has 1 saturated heterocycles. The van der Waals surface area contributed by atoms with Crippen molar-refractivity contribution in [3.8, 4) is 5.75 Å². The van der Waals surface area contributed by atoms with Crippen LogP contribution in [0.2, 0.25) is 10.0 Å². The molecule has 4 rings (SSSR count). The Hall–Kier alpha value is -1.23. The van der Waals surface area contributed by atoms with Crippen molar-refractivity contribution >= 4 is 23.2 Å². The predicted molar refractivity (Wildman–Crippen MR) is 87.0 cm³/mol. The lowest BCUT2D eigenvalue weighted by atomic mass is 9.96. The third kappa shape index (κ3) is 2.21. The number of imidazole rings is 1. The minimum absolute atomic E-state index is 0.128. The summed E-state index contributed by atoms with van der Waals surface area (Å²) < 4.78 is 2.29. The minimum Gasteiger partial charge on any atom is -0.508 e. The molecule has 0 saturated carbocycles. The van der Waals surface area contributed by atoms with Crippen molar-refractivity contribution in [3.05, 3.63) is 45.5 Å². The molecule has 2 aliphatic heterocycles. The van der Waals surface area contributed by atoms with Crippen LogP contribution in [-0.4, -0.2) is 27.7 Å². The van der Waals surface area contributed by atoms with E-state index in [2.05, 4.69) is 14.9 Å². The van der Waals surface area contributed by atoms with Crippen LogP contribution in [0.5, 0.6) is 5.75 Å². The van der Waals surface area contributed by atoms with Crippen LogP contribution in [0.3, 0.4) is 0 Å². The topological polar surface area (TPSA) is 50.1 Å². The summed E-state index contributed by atoms with van der Waals surface area (Å²) in [6, 6.07) is 3.25. The molecule has 1 fully saturated rings. The summed E-state index contributed by atoms with van der Waals surface area (Å²) in [6.45, 7) is 2.88. The molecule has 0 amide bonds. The minimum atomic E-state index is 0.128. The van der Waals surface area contributed by atoms with Crippen molar-refractivity contribution in [2.75, 3.05) is 13.1 Å². The van der Waals surface area contributed by atoms with Gasteiger partial charge in [0.2, 0.25) is 0 Å². The molecule has 0 aliphatic carbocycles. The quantitative estimate of drug-likeness (QED) is 0.883. The summed E-state index contributed by atoms with van der Waals surface area (Å²) in [5.41, 5.74) is 2.04. The van der Waals surface area contributed by atoms with Gasteiger partial charge in [0, 0.05) is 48.8 Å². The smallest absolute Gasteiger partial charge is 0.120 e. The second-order valence-electron chi connectivity index (χ2n) is 6.09. The number of hydrogen-bond donors (Lipinski definition) is 2. The zero-order chi connectivity index (χ0) is 15.3. The summed E-state index contributed by atoms with van der Waals surface area (Å²) in [5, 5.41) is 14.5. The average Bonchev–Trinajstić information content (AvgIpc) is 3.18. The van der Waals surface area contributed by atoms with E-state index in [1.807, 2.05) is 6.20 Å². The second-order valence-corrected chi connectivity index (χ2v) is 6.88. The lowest BCUT2D eigenvalue weighted by Crippen LogP contribution is -2.12. The number of nitrogens with one attached hydrogen (secondary N) is 1. The van der Waals surface area contributed by atoms with Crippen LogP contribution in [0.15, 0.2) is 18.3 Å². The molecule has 0 spiro atoms. The fourth-order valence-corrected chi connectivity index (χ4v) is 4.16. The number of fused-ring (bicyclic) bond motifs is 1.